The molecule has 0 aromatic carbocycles. The molecule has 55 heavy (non-hydrogen) atoms. The zero-order valence-corrected chi connectivity index (χ0v) is 37.4. The summed E-state index contributed by atoms with van der Waals surface area (Å²) in [7, 11) is 0. The van der Waals surface area contributed by atoms with Crippen molar-refractivity contribution < 1.29 is 23.8 Å². The first-order valence-electron chi connectivity index (χ1n) is 24.6. The monoisotopic (exact) mass is 778 g/mol. The van der Waals surface area contributed by atoms with Crippen molar-refractivity contribution in [1.82, 2.24) is 5.32 Å². The lowest BCUT2D eigenvalue weighted by Crippen LogP contribution is -2.41. The van der Waals surface area contributed by atoms with Gasteiger partial charge in [-0.25, -0.2) is 0 Å². The molecule has 1 heterocycles. The van der Waals surface area contributed by atoms with Gasteiger partial charge in [0.2, 0.25) is 0 Å². The fourth-order valence-electron chi connectivity index (χ4n) is 8.24. The van der Waals surface area contributed by atoms with E-state index in [-0.39, 0.29) is 11.9 Å². The summed E-state index contributed by atoms with van der Waals surface area (Å²) in [4.78, 5) is 24.7. The standard InChI is InChI=1S/C49H95NO5/c1-5-9-21-29-44(30-22-10-6-2)37-39-54-48(51)35-27-19-15-13-17-25-33-47(50-41-46-42-53-43-46)34-26-18-14-16-20-28-36-49(52)55-40-38-45(31-23-11-7-3)32-24-12-8-4/h44-47,50H,5-43H2,1-4H3. The third-order valence-electron chi connectivity index (χ3n) is 12.2. The van der Waals surface area contributed by atoms with Gasteiger partial charge in [-0.3, -0.25) is 9.59 Å². The van der Waals surface area contributed by atoms with Gasteiger partial charge in [0, 0.05) is 31.3 Å². The Morgan fingerprint density at radius 2 is 0.818 bits per heavy atom. The van der Waals surface area contributed by atoms with Crippen molar-refractivity contribution in [3.63, 3.8) is 0 Å². The molecule has 0 radical (unpaired) electrons. The van der Waals surface area contributed by atoms with Gasteiger partial charge in [-0.1, -0.05) is 195 Å². The van der Waals surface area contributed by atoms with Gasteiger partial charge < -0.3 is 19.5 Å². The highest BCUT2D eigenvalue weighted by Crippen LogP contribution is 2.23. The zero-order chi connectivity index (χ0) is 39.9. The molecule has 0 aromatic rings. The second-order valence-electron chi connectivity index (χ2n) is 17.6. The first-order chi connectivity index (χ1) is 27.0. The average Bonchev–Trinajstić information content (AvgIpc) is 3.15. The van der Waals surface area contributed by atoms with E-state index in [9.17, 15) is 9.59 Å². The van der Waals surface area contributed by atoms with E-state index in [1.54, 1.807) is 0 Å². The van der Waals surface area contributed by atoms with Crippen molar-refractivity contribution in [1.29, 1.82) is 0 Å². The summed E-state index contributed by atoms with van der Waals surface area (Å²) in [6.45, 7) is 13.2. The summed E-state index contributed by atoms with van der Waals surface area (Å²) in [6.07, 6.45) is 40.9. The minimum Gasteiger partial charge on any atom is -0.466 e. The molecule has 0 saturated carbocycles. The topological polar surface area (TPSA) is 73.9 Å². The highest BCUT2D eigenvalue weighted by Gasteiger charge is 2.19. The van der Waals surface area contributed by atoms with E-state index in [2.05, 4.69) is 33.0 Å². The van der Waals surface area contributed by atoms with Crippen LogP contribution in [0.25, 0.3) is 0 Å². The molecule has 326 valence electrons. The maximum absolute atomic E-state index is 12.3. The van der Waals surface area contributed by atoms with Crippen LogP contribution >= 0.6 is 0 Å². The van der Waals surface area contributed by atoms with Gasteiger partial charge in [0.05, 0.1) is 26.4 Å². The van der Waals surface area contributed by atoms with Crippen molar-refractivity contribution in [2.24, 2.45) is 17.8 Å². The van der Waals surface area contributed by atoms with E-state index in [0.29, 0.717) is 38.0 Å². The number of unbranched alkanes of at least 4 members (excludes halogenated alkanes) is 18. The Bertz CT molecular complexity index is 754. The van der Waals surface area contributed by atoms with Gasteiger partial charge in [-0.05, 0) is 50.4 Å². The van der Waals surface area contributed by atoms with Crippen LogP contribution in [0.2, 0.25) is 0 Å². The molecule has 0 aliphatic carbocycles. The van der Waals surface area contributed by atoms with Gasteiger partial charge in [-0.2, -0.15) is 0 Å². The van der Waals surface area contributed by atoms with Gasteiger partial charge in [-0.15, -0.1) is 0 Å². The first kappa shape index (κ1) is 51.9. The van der Waals surface area contributed by atoms with Crippen LogP contribution in [0.15, 0.2) is 0 Å². The second kappa shape index (κ2) is 39.7. The summed E-state index contributed by atoms with van der Waals surface area (Å²) >= 11 is 0. The fourth-order valence-corrected chi connectivity index (χ4v) is 8.24. The quantitative estimate of drug-likeness (QED) is 0.0491. The summed E-state index contributed by atoms with van der Waals surface area (Å²) in [5.41, 5.74) is 0. The highest BCUT2D eigenvalue weighted by molar-refractivity contribution is 5.69. The summed E-state index contributed by atoms with van der Waals surface area (Å²) in [5.74, 6) is 2.16. The summed E-state index contributed by atoms with van der Waals surface area (Å²) in [5, 5.41) is 3.88. The molecule has 1 aliphatic heterocycles. The van der Waals surface area contributed by atoms with Gasteiger partial charge in [0.1, 0.15) is 0 Å². The number of nitrogens with one attached hydrogen (secondary N) is 1. The largest absolute Gasteiger partial charge is 0.466 e. The number of esters is 2. The predicted octanol–water partition coefficient (Wildman–Crippen LogP) is 14.3. The molecule has 0 aromatic heterocycles. The lowest BCUT2D eigenvalue weighted by atomic mass is 9.92. The number of ether oxygens (including phenoxy) is 3. The average molecular weight is 778 g/mol. The first-order valence-corrected chi connectivity index (χ1v) is 24.6. The van der Waals surface area contributed by atoms with Gasteiger partial charge >= 0.3 is 11.9 Å². The van der Waals surface area contributed by atoms with Crippen molar-refractivity contribution in [3.8, 4) is 0 Å². The zero-order valence-electron chi connectivity index (χ0n) is 37.4. The van der Waals surface area contributed by atoms with E-state index in [1.165, 1.54) is 167 Å². The van der Waals surface area contributed by atoms with Crippen molar-refractivity contribution in [2.45, 2.75) is 252 Å². The Hall–Kier alpha value is -1.14. The Labute approximate surface area is 342 Å². The predicted molar refractivity (Wildman–Crippen MR) is 235 cm³/mol. The number of carbonyl (C=O) groups is 2. The number of hydrogen-bond donors (Lipinski definition) is 1. The molecule has 0 spiro atoms. The highest BCUT2D eigenvalue weighted by atomic mass is 16.5. The Kier molecular flexibility index (Phi) is 37.4. The normalized spacial score (nSPS) is 13.3. The van der Waals surface area contributed by atoms with E-state index < -0.39 is 0 Å². The molecule has 1 aliphatic rings. The molecule has 1 rings (SSSR count). The summed E-state index contributed by atoms with van der Waals surface area (Å²) in [6, 6.07) is 0.612. The van der Waals surface area contributed by atoms with Crippen LogP contribution < -0.4 is 5.32 Å². The molecule has 6 heteroatoms. The molecule has 0 bridgehead atoms. The molecule has 0 amide bonds. The Morgan fingerprint density at radius 3 is 1.16 bits per heavy atom. The van der Waals surface area contributed by atoms with Crippen LogP contribution in [0.5, 0.6) is 0 Å². The molecule has 6 nitrogen and oxygen atoms in total. The SMILES string of the molecule is CCCCCC(CCCCC)CCOC(=O)CCCCCCCCC(CCCCCCCCC(=O)OCCC(CCCCC)CCCCC)NCC1COC1. The van der Waals surface area contributed by atoms with Crippen LogP contribution in [-0.2, 0) is 23.8 Å². The third kappa shape index (κ3) is 33.5. The number of carbonyl (C=O) groups excluding carboxylic acids is 2. The second-order valence-corrected chi connectivity index (χ2v) is 17.6. The van der Waals surface area contributed by atoms with E-state index in [0.717, 1.165) is 70.1 Å². The molecule has 1 saturated heterocycles. The van der Waals surface area contributed by atoms with Crippen LogP contribution in [0, 0.1) is 17.8 Å². The Balaban J connectivity index is 2.11. The number of rotatable bonds is 43. The molecule has 0 unspecified atom stereocenters. The van der Waals surface area contributed by atoms with Crippen molar-refractivity contribution in [3.05, 3.63) is 0 Å². The molecule has 0 atom stereocenters. The Morgan fingerprint density at radius 1 is 0.473 bits per heavy atom. The summed E-state index contributed by atoms with van der Waals surface area (Å²) < 4.78 is 16.7. The molecule has 1 N–H and O–H groups in total. The fraction of sp³-hybridized carbons (Fsp3) is 0.959. The van der Waals surface area contributed by atoms with E-state index in [4.69, 9.17) is 14.2 Å². The van der Waals surface area contributed by atoms with Gasteiger partial charge in [0.25, 0.3) is 0 Å². The lowest BCUT2D eigenvalue weighted by molar-refractivity contribution is -0.145. The van der Waals surface area contributed by atoms with E-state index >= 15 is 0 Å². The van der Waals surface area contributed by atoms with Crippen LogP contribution in [-0.4, -0.2) is 51.0 Å². The maximum atomic E-state index is 12.3. The maximum Gasteiger partial charge on any atom is 0.305 e. The van der Waals surface area contributed by atoms with Crippen LogP contribution in [0.3, 0.4) is 0 Å². The molecular weight excluding hydrogens is 683 g/mol. The lowest BCUT2D eigenvalue weighted by Gasteiger charge is -2.29. The number of hydrogen-bond acceptors (Lipinski definition) is 6. The van der Waals surface area contributed by atoms with E-state index in [1.807, 2.05) is 0 Å². The minimum atomic E-state index is 0.0106. The molecule has 1 fully saturated rings. The van der Waals surface area contributed by atoms with Gasteiger partial charge in [0.15, 0.2) is 0 Å². The molecular formula is C49H95NO5. The van der Waals surface area contributed by atoms with Crippen molar-refractivity contribution in [2.75, 3.05) is 33.0 Å². The smallest absolute Gasteiger partial charge is 0.305 e. The minimum absolute atomic E-state index is 0.0106. The van der Waals surface area contributed by atoms with Crippen LogP contribution in [0.1, 0.15) is 246 Å². The third-order valence-corrected chi connectivity index (χ3v) is 12.2. The van der Waals surface area contributed by atoms with Crippen LogP contribution in [0.4, 0.5) is 0 Å². The van der Waals surface area contributed by atoms with Crippen molar-refractivity contribution >= 4 is 11.9 Å².